The summed E-state index contributed by atoms with van der Waals surface area (Å²) in [5.41, 5.74) is 7.18. The SMILES string of the molecule is COc1ccc(CN2CCC(C(C)N)C2)cc1Cl.Cl. The molecule has 2 atom stereocenters. The minimum atomic E-state index is 0. The lowest BCUT2D eigenvalue weighted by atomic mass is 10.0. The normalized spacial score (nSPS) is 20.9. The Morgan fingerprint density at radius 1 is 1.53 bits per heavy atom. The highest BCUT2D eigenvalue weighted by Gasteiger charge is 2.25. The molecule has 1 fully saturated rings. The van der Waals surface area contributed by atoms with Crippen LogP contribution in [-0.2, 0) is 6.54 Å². The molecule has 2 N–H and O–H groups in total. The van der Waals surface area contributed by atoms with Gasteiger partial charge in [0.1, 0.15) is 5.75 Å². The average Bonchev–Trinajstić information content (AvgIpc) is 2.78. The lowest BCUT2D eigenvalue weighted by Gasteiger charge is -2.18. The summed E-state index contributed by atoms with van der Waals surface area (Å²) in [5.74, 6) is 1.36. The molecule has 0 amide bonds. The fraction of sp³-hybridized carbons (Fsp3) is 0.571. The molecule has 1 aromatic rings. The molecule has 19 heavy (non-hydrogen) atoms. The number of nitrogens with zero attached hydrogens (tertiary/aromatic N) is 1. The number of hydrogen-bond acceptors (Lipinski definition) is 3. The Morgan fingerprint density at radius 2 is 2.26 bits per heavy atom. The molecule has 2 rings (SSSR count). The van der Waals surface area contributed by atoms with E-state index in [1.165, 1.54) is 12.0 Å². The fourth-order valence-corrected chi connectivity index (χ4v) is 2.78. The van der Waals surface area contributed by atoms with Crippen LogP contribution in [0.3, 0.4) is 0 Å². The zero-order valence-electron chi connectivity index (χ0n) is 11.4. The Labute approximate surface area is 126 Å². The third kappa shape index (κ3) is 4.25. The highest BCUT2D eigenvalue weighted by molar-refractivity contribution is 6.32. The predicted octanol–water partition coefficient (Wildman–Crippen LogP) is 2.94. The second-order valence-corrected chi connectivity index (χ2v) is 5.52. The number of benzene rings is 1. The summed E-state index contributed by atoms with van der Waals surface area (Å²) in [5, 5.41) is 0.679. The highest BCUT2D eigenvalue weighted by atomic mass is 35.5. The van der Waals surface area contributed by atoms with Crippen LogP contribution in [0.1, 0.15) is 18.9 Å². The van der Waals surface area contributed by atoms with Gasteiger partial charge in [-0.15, -0.1) is 12.4 Å². The lowest BCUT2D eigenvalue weighted by molar-refractivity contribution is 0.308. The van der Waals surface area contributed by atoms with Crippen LogP contribution in [-0.4, -0.2) is 31.1 Å². The standard InChI is InChI=1S/C14H21ClN2O.ClH/c1-10(16)12-5-6-17(9-12)8-11-3-4-14(18-2)13(15)7-11;/h3-4,7,10,12H,5-6,8-9,16H2,1-2H3;1H. The molecule has 0 radical (unpaired) electrons. The quantitative estimate of drug-likeness (QED) is 0.929. The van der Waals surface area contributed by atoms with Crippen LogP contribution in [0.25, 0.3) is 0 Å². The van der Waals surface area contributed by atoms with Crippen molar-refractivity contribution in [2.75, 3.05) is 20.2 Å². The molecule has 0 saturated carbocycles. The summed E-state index contributed by atoms with van der Waals surface area (Å²) in [6, 6.07) is 6.27. The van der Waals surface area contributed by atoms with Crippen molar-refractivity contribution in [3.05, 3.63) is 28.8 Å². The van der Waals surface area contributed by atoms with Gasteiger partial charge in [0.25, 0.3) is 0 Å². The van der Waals surface area contributed by atoms with Crippen LogP contribution in [0.4, 0.5) is 0 Å². The van der Waals surface area contributed by atoms with Crippen molar-refractivity contribution in [2.45, 2.75) is 25.9 Å². The Morgan fingerprint density at radius 3 is 2.79 bits per heavy atom. The zero-order valence-corrected chi connectivity index (χ0v) is 13.0. The largest absolute Gasteiger partial charge is 0.495 e. The molecular weight excluding hydrogens is 283 g/mol. The highest BCUT2D eigenvalue weighted by Crippen LogP contribution is 2.27. The minimum absolute atomic E-state index is 0. The van der Waals surface area contributed by atoms with Crippen LogP contribution in [0.15, 0.2) is 18.2 Å². The average molecular weight is 305 g/mol. The van der Waals surface area contributed by atoms with E-state index in [2.05, 4.69) is 17.9 Å². The molecule has 0 bridgehead atoms. The summed E-state index contributed by atoms with van der Waals surface area (Å²) in [4.78, 5) is 2.44. The first kappa shape index (κ1) is 16.6. The monoisotopic (exact) mass is 304 g/mol. The van der Waals surface area contributed by atoms with E-state index in [1.54, 1.807) is 7.11 Å². The van der Waals surface area contributed by atoms with Crippen LogP contribution >= 0.6 is 24.0 Å². The van der Waals surface area contributed by atoms with Crippen LogP contribution in [0, 0.1) is 5.92 Å². The molecule has 0 spiro atoms. The Balaban J connectivity index is 0.00000180. The summed E-state index contributed by atoms with van der Waals surface area (Å²) >= 11 is 6.13. The Kier molecular flexibility index (Phi) is 6.40. The van der Waals surface area contributed by atoms with E-state index in [9.17, 15) is 0 Å². The fourth-order valence-electron chi connectivity index (χ4n) is 2.50. The Hall–Kier alpha value is -0.480. The van der Waals surface area contributed by atoms with Gasteiger partial charge >= 0.3 is 0 Å². The van der Waals surface area contributed by atoms with Crippen molar-refractivity contribution in [3.8, 4) is 5.75 Å². The van der Waals surface area contributed by atoms with Crippen molar-refractivity contribution in [2.24, 2.45) is 11.7 Å². The van der Waals surface area contributed by atoms with Crippen molar-refractivity contribution in [1.82, 2.24) is 4.90 Å². The van der Waals surface area contributed by atoms with Crippen molar-refractivity contribution >= 4 is 24.0 Å². The number of ether oxygens (including phenoxy) is 1. The van der Waals surface area contributed by atoms with Gasteiger partial charge in [0.15, 0.2) is 0 Å². The Bertz CT molecular complexity index is 412. The van der Waals surface area contributed by atoms with Gasteiger partial charge in [-0.3, -0.25) is 4.90 Å². The molecule has 2 unspecified atom stereocenters. The first-order valence-corrected chi connectivity index (χ1v) is 6.78. The van der Waals surface area contributed by atoms with Crippen LogP contribution in [0.5, 0.6) is 5.75 Å². The molecule has 108 valence electrons. The second kappa shape index (κ2) is 7.34. The molecule has 1 aliphatic rings. The van der Waals surface area contributed by atoms with Gasteiger partial charge in [-0.25, -0.2) is 0 Å². The molecule has 0 aliphatic carbocycles. The number of hydrogen-bond donors (Lipinski definition) is 1. The van der Waals surface area contributed by atoms with Crippen molar-refractivity contribution in [1.29, 1.82) is 0 Å². The van der Waals surface area contributed by atoms with E-state index in [1.807, 2.05) is 12.1 Å². The molecule has 3 nitrogen and oxygen atoms in total. The lowest BCUT2D eigenvalue weighted by Crippen LogP contribution is -2.29. The summed E-state index contributed by atoms with van der Waals surface area (Å²) < 4.78 is 5.16. The predicted molar refractivity (Wildman–Crippen MR) is 82.3 cm³/mol. The van der Waals surface area contributed by atoms with E-state index in [0.717, 1.165) is 25.4 Å². The molecule has 1 aromatic carbocycles. The van der Waals surface area contributed by atoms with Gasteiger partial charge in [-0.2, -0.15) is 0 Å². The van der Waals surface area contributed by atoms with E-state index >= 15 is 0 Å². The van der Waals surface area contributed by atoms with Gasteiger partial charge in [-0.05, 0) is 43.5 Å². The number of rotatable bonds is 4. The van der Waals surface area contributed by atoms with Gasteiger partial charge in [0, 0.05) is 19.1 Å². The van der Waals surface area contributed by atoms with Gasteiger partial charge < -0.3 is 10.5 Å². The molecule has 1 heterocycles. The summed E-state index contributed by atoms with van der Waals surface area (Å²) in [7, 11) is 1.63. The first-order chi connectivity index (χ1) is 8.60. The molecule has 5 heteroatoms. The van der Waals surface area contributed by atoms with Crippen molar-refractivity contribution < 1.29 is 4.74 Å². The van der Waals surface area contributed by atoms with Gasteiger partial charge in [0.05, 0.1) is 12.1 Å². The topological polar surface area (TPSA) is 38.5 Å². The maximum atomic E-state index is 6.13. The zero-order chi connectivity index (χ0) is 13.1. The van der Waals surface area contributed by atoms with E-state index in [4.69, 9.17) is 22.1 Å². The number of halogens is 2. The van der Waals surface area contributed by atoms with E-state index in [-0.39, 0.29) is 18.4 Å². The van der Waals surface area contributed by atoms with Gasteiger partial charge in [-0.1, -0.05) is 17.7 Å². The van der Waals surface area contributed by atoms with E-state index in [0.29, 0.717) is 10.9 Å². The third-order valence-electron chi connectivity index (χ3n) is 3.67. The van der Waals surface area contributed by atoms with Crippen LogP contribution < -0.4 is 10.5 Å². The van der Waals surface area contributed by atoms with Crippen molar-refractivity contribution in [3.63, 3.8) is 0 Å². The van der Waals surface area contributed by atoms with E-state index < -0.39 is 0 Å². The third-order valence-corrected chi connectivity index (χ3v) is 3.97. The first-order valence-electron chi connectivity index (χ1n) is 6.40. The number of nitrogens with two attached hydrogens (primary N) is 1. The van der Waals surface area contributed by atoms with Crippen LogP contribution in [0.2, 0.25) is 5.02 Å². The second-order valence-electron chi connectivity index (χ2n) is 5.11. The minimum Gasteiger partial charge on any atom is -0.495 e. The molecular formula is C14H22Cl2N2O. The smallest absolute Gasteiger partial charge is 0.137 e. The molecule has 1 saturated heterocycles. The number of likely N-dealkylation sites (tertiary alicyclic amines) is 1. The maximum Gasteiger partial charge on any atom is 0.137 e. The number of methoxy groups -OCH3 is 1. The maximum absolute atomic E-state index is 6.13. The summed E-state index contributed by atoms with van der Waals surface area (Å²) in [6.45, 7) is 5.24. The molecule has 1 aliphatic heterocycles. The summed E-state index contributed by atoms with van der Waals surface area (Å²) in [6.07, 6.45) is 1.20. The molecule has 0 aromatic heterocycles. The van der Waals surface area contributed by atoms with Gasteiger partial charge in [0.2, 0.25) is 0 Å².